The Morgan fingerprint density at radius 3 is 3.08 bits per heavy atom. The zero-order valence-corrected chi connectivity index (χ0v) is 7.90. The second kappa shape index (κ2) is 4.42. The van der Waals surface area contributed by atoms with Gasteiger partial charge in [-0.2, -0.15) is 0 Å². The standard InChI is InChI=1S/C10H16O3/c1-3-4-7(2)9-5-8(11)6-10(12)13-9/h3,7-9,11H,1,4-6H2,2H3/t7-,8-,9+/m0/s1. The van der Waals surface area contributed by atoms with Gasteiger partial charge in [0.2, 0.25) is 0 Å². The number of hydrogen-bond donors (Lipinski definition) is 1. The first-order valence-electron chi connectivity index (χ1n) is 4.62. The molecule has 3 atom stereocenters. The molecule has 1 fully saturated rings. The van der Waals surface area contributed by atoms with Crippen LogP contribution in [0.15, 0.2) is 12.7 Å². The molecule has 1 aliphatic rings. The van der Waals surface area contributed by atoms with E-state index in [4.69, 9.17) is 4.74 Å². The summed E-state index contributed by atoms with van der Waals surface area (Å²) in [5.74, 6) is -0.0453. The van der Waals surface area contributed by atoms with Crippen molar-refractivity contribution in [2.75, 3.05) is 0 Å². The van der Waals surface area contributed by atoms with E-state index in [0.29, 0.717) is 6.42 Å². The quantitative estimate of drug-likeness (QED) is 0.530. The van der Waals surface area contributed by atoms with Crippen LogP contribution in [0.4, 0.5) is 0 Å². The molecule has 3 nitrogen and oxygen atoms in total. The van der Waals surface area contributed by atoms with Crippen molar-refractivity contribution >= 4 is 5.97 Å². The van der Waals surface area contributed by atoms with E-state index >= 15 is 0 Å². The van der Waals surface area contributed by atoms with E-state index < -0.39 is 6.10 Å². The first-order valence-corrected chi connectivity index (χ1v) is 4.62. The maximum absolute atomic E-state index is 11.0. The number of aliphatic hydroxyl groups is 1. The number of esters is 1. The fourth-order valence-electron chi connectivity index (χ4n) is 1.57. The highest BCUT2D eigenvalue weighted by Crippen LogP contribution is 2.23. The minimum absolute atomic E-state index is 0.136. The number of rotatable bonds is 3. The summed E-state index contributed by atoms with van der Waals surface area (Å²) in [5.41, 5.74) is 0. The maximum Gasteiger partial charge on any atom is 0.308 e. The summed E-state index contributed by atoms with van der Waals surface area (Å²) in [5, 5.41) is 9.34. The lowest BCUT2D eigenvalue weighted by Crippen LogP contribution is -2.36. The summed E-state index contributed by atoms with van der Waals surface area (Å²) >= 11 is 0. The van der Waals surface area contributed by atoms with Gasteiger partial charge in [0.25, 0.3) is 0 Å². The molecule has 1 rings (SSSR count). The molecule has 13 heavy (non-hydrogen) atoms. The Morgan fingerprint density at radius 1 is 1.85 bits per heavy atom. The summed E-state index contributed by atoms with van der Waals surface area (Å²) in [6, 6.07) is 0. The van der Waals surface area contributed by atoms with Crippen LogP contribution in [-0.2, 0) is 9.53 Å². The van der Waals surface area contributed by atoms with E-state index in [2.05, 4.69) is 6.58 Å². The van der Waals surface area contributed by atoms with Gasteiger partial charge in [-0.25, -0.2) is 0 Å². The summed E-state index contributed by atoms with van der Waals surface area (Å²) in [6.07, 6.45) is 2.63. The second-order valence-corrected chi connectivity index (χ2v) is 3.62. The van der Waals surface area contributed by atoms with E-state index in [1.165, 1.54) is 0 Å². The number of carbonyl (C=O) groups is 1. The summed E-state index contributed by atoms with van der Waals surface area (Å²) in [4.78, 5) is 11.0. The number of cyclic esters (lactones) is 1. The molecule has 0 aliphatic carbocycles. The van der Waals surface area contributed by atoms with Crippen LogP contribution in [0.3, 0.4) is 0 Å². The molecule has 1 saturated heterocycles. The van der Waals surface area contributed by atoms with Crippen LogP contribution in [0, 0.1) is 5.92 Å². The minimum atomic E-state index is -0.529. The number of ether oxygens (including phenoxy) is 1. The van der Waals surface area contributed by atoms with E-state index in [0.717, 1.165) is 6.42 Å². The van der Waals surface area contributed by atoms with Crippen LogP contribution >= 0.6 is 0 Å². The first-order chi connectivity index (χ1) is 6.13. The van der Waals surface area contributed by atoms with Crippen LogP contribution in [0.5, 0.6) is 0 Å². The van der Waals surface area contributed by atoms with Crippen LogP contribution in [0.2, 0.25) is 0 Å². The molecule has 0 aromatic heterocycles. The molecule has 0 aromatic carbocycles. The fraction of sp³-hybridized carbons (Fsp3) is 0.700. The van der Waals surface area contributed by atoms with Crippen molar-refractivity contribution in [3.05, 3.63) is 12.7 Å². The normalized spacial score (nSPS) is 30.8. The number of aliphatic hydroxyl groups excluding tert-OH is 1. The Balaban J connectivity index is 2.49. The Morgan fingerprint density at radius 2 is 2.54 bits per heavy atom. The number of allylic oxidation sites excluding steroid dienone is 1. The topological polar surface area (TPSA) is 46.5 Å². The average Bonchev–Trinajstić information content (AvgIpc) is 2.03. The van der Waals surface area contributed by atoms with Gasteiger partial charge in [-0.05, 0) is 12.3 Å². The van der Waals surface area contributed by atoms with Gasteiger partial charge in [0, 0.05) is 6.42 Å². The maximum atomic E-state index is 11.0. The third-order valence-electron chi connectivity index (χ3n) is 2.36. The Hall–Kier alpha value is -0.830. The van der Waals surface area contributed by atoms with Crippen LogP contribution in [-0.4, -0.2) is 23.3 Å². The Kier molecular flexibility index (Phi) is 3.48. The van der Waals surface area contributed by atoms with Gasteiger partial charge >= 0.3 is 5.97 Å². The largest absolute Gasteiger partial charge is 0.462 e. The van der Waals surface area contributed by atoms with Crippen molar-refractivity contribution in [3.63, 3.8) is 0 Å². The number of hydrogen-bond acceptors (Lipinski definition) is 3. The lowest BCUT2D eigenvalue weighted by molar-refractivity contribution is -0.163. The highest BCUT2D eigenvalue weighted by Gasteiger charge is 2.30. The van der Waals surface area contributed by atoms with Gasteiger partial charge < -0.3 is 9.84 Å². The summed E-state index contributed by atoms with van der Waals surface area (Å²) in [6.45, 7) is 5.63. The highest BCUT2D eigenvalue weighted by molar-refractivity contribution is 5.71. The van der Waals surface area contributed by atoms with E-state index in [1.807, 2.05) is 6.92 Å². The molecule has 0 saturated carbocycles. The van der Waals surface area contributed by atoms with Gasteiger partial charge in [0.1, 0.15) is 6.10 Å². The fourth-order valence-corrected chi connectivity index (χ4v) is 1.57. The molecule has 0 radical (unpaired) electrons. The number of carbonyl (C=O) groups excluding carboxylic acids is 1. The lowest BCUT2D eigenvalue weighted by Gasteiger charge is -2.29. The Labute approximate surface area is 78.4 Å². The average molecular weight is 184 g/mol. The highest BCUT2D eigenvalue weighted by atomic mass is 16.5. The minimum Gasteiger partial charge on any atom is -0.462 e. The molecule has 0 amide bonds. The summed E-state index contributed by atoms with van der Waals surface area (Å²) < 4.78 is 5.12. The lowest BCUT2D eigenvalue weighted by atomic mass is 9.93. The molecule has 1 heterocycles. The predicted octanol–water partition coefficient (Wildman–Crippen LogP) is 1.27. The van der Waals surface area contributed by atoms with E-state index in [9.17, 15) is 9.90 Å². The zero-order valence-electron chi connectivity index (χ0n) is 7.90. The molecular formula is C10H16O3. The second-order valence-electron chi connectivity index (χ2n) is 3.62. The van der Waals surface area contributed by atoms with Gasteiger partial charge in [-0.15, -0.1) is 6.58 Å². The van der Waals surface area contributed by atoms with Gasteiger partial charge in [0.05, 0.1) is 12.5 Å². The van der Waals surface area contributed by atoms with Gasteiger partial charge in [0.15, 0.2) is 0 Å². The van der Waals surface area contributed by atoms with Crippen molar-refractivity contribution in [2.24, 2.45) is 5.92 Å². The molecule has 0 aromatic rings. The van der Waals surface area contributed by atoms with E-state index in [-0.39, 0.29) is 24.4 Å². The van der Waals surface area contributed by atoms with Crippen LogP contribution in [0.25, 0.3) is 0 Å². The molecule has 0 unspecified atom stereocenters. The zero-order chi connectivity index (χ0) is 9.84. The smallest absolute Gasteiger partial charge is 0.308 e. The molecule has 0 spiro atoms. The van der Waals surface area contributed by atoms with Crippen LogP contribution in [0.1, 0.15) is 26.2 Å². The Bertz CT molecular complexity index is 200. The molecular weight excluding hydrogens is 168 g/mol. The van der Waals surface area contributed by atoms with Crippen molar-refractivity contribution in [2.45, 2.75) is 38.4 Å². The first kappa shape index (κ1) is 10.3. The molecule has 1 N–H and O–H groups in total. The van der Waals surface area contributed by atoms with Gasteiger partial charge in [-0.3, -0.25) is 4.79 Å². The SMILES string of the molecule is C=CC[C@H](C)[C@H]1C[C@H](O)CC(=O)O1. The van der Waals surface area contributed by atoms with E-state index in [1.54, 1.807) is 6.08 Å². The third kappa shape index (κ3) is 2.84. The third-order valence-corrected chi connectivity index (χ3v) is 2.36. The predicted molar refractivity (Wildman–Crippen MR) is 49.1 cm³/mol. The van der Waals surface area contributed by atoms with Crippen molar-refractivity contribution in [1.29, 1.82) is 0 Å². The van der Waals surface area contributed by atoms with Crippen molar-refractivity contribution in [3.8, 4) is 0 Å². The van der Waals surface area contributed by atoms with Gasteiger partial charge in [-0.1, -0.05) is 13.0 Å². The van der Waals surface area contributed by atoms with Crippen molar-refractivity contribution in [1.82, 2.24) is 0 Å². The molecule has 1 aliphatic heterocycles. The molecule has 3 heteroatoms. The summed E-state index contributed by atoms with van der Waals surface area (Å²) in [7, 11) is 0. The molecule has 0 bridgehead atoms. The molecule has 74 valence electrons. The van der Waals surface area contributed by atoms with Crippen LogP contribution < -0.4 is 0 Å². The van der Waals surface area contributed by atoms with Crippen molar-refractivity contribution < 1.29 is 14.6 Å². The monoisotopic (exact) mass is 184 g/mol.